The highest BCUT2D eigenvalue weighted by Crippen LogP contribution is 2.34. The minimum Gasteiger partial charge on any atom is -0.468 e. The number of rotatable bonds is 3. The van der Waals surface area contributed by atoms with Gasteiger partial charge in [-0.05, 0) is 32.8 Å². The predicted octanol–water partition coefficient (Wildman–Crippen LogP) is 2.22. The molecule has 0 radical (unpaired) electrons. The number of carbonyl (C=O) groups excluding carboxylic acids is 2. The zero-order valence-corrected chi connectivity index (χ0v) is 13.5. The quantitative estimate of drug-likeness (QED) is 0.868. The van der Waals surface area contributed by atoms with Crippen LogP contribution in [0.1, 0.15) is 38.8 Å². The summed E-state index contributed by atoms with van der Waals surface area (Å²) in [5.41, 5.74) is 0.409. The molecule has 1 aliphatic rings. The van der Waals surface area contributed by atoms with Crippen molar-refractivity contribution in [2.75, 3.05) is 7.11 Å². The SMILES string of the molecule is COC(=O)[C@@H]1C[C@H](C(=O)OC(C)(C)C)[C@@H](c2ccccc2)N1. The molecule has 0 bridgehead atoms. The standard InChI is InChI=1S/C17H23NO4/c1-17(2,3)22-15(19)12-10-13(16(20)21-4)18-14(12)11-8-6-5-7-9-11/h5-9,12-14,18H,10H2,1-4H3/t12-,13-,14+/m0/s1. The molecule has 0 amide bonds. The van der Waals surface area contributed by atoms with Gasteiger partial charge in [0.25, 0.3) is 0 Å². The minimum atomic E-state index is -0.554. The summed E-state index contributed by atoms with van der Waals surface area (Å²) in [5.74, 6) is -1.06. The largest absolute Gasteiger partial charge is 0.468 e. The third-order valence-electron chi connectivity index (χ3n) is 3.63. The molecule has 1 aliphatic heterocycles. The smallest absolute Gasteiger partial charge is 0.322 e. The molecule has 0 aliphatic carbocycles. The average Bonchev–Trinajstić information content (AvgIpc) is 2.91. The van der Waals surface area contributed by atoms with Gasteiger partial charge < -0.3 is 9.47 Å². The monoisotopic (exact) mass is 305 g/mol. The first-order valence-electron chi connectivity index (χ1n) is 7.43. The van der Waals surface area contributed by atoms with E-state index in [1.807, 2.05) is 51.1 Å². The van der Waals surface area contributed by atoms with Crippen molar-refractivity contribution in [1.82, 2.24) is 5.32 Å². The maximum absolute atomic E-state index is 12.5. The van der Waals surface area contributed by atoms with Gasteiger partial charge in [0.1, 0.15) is 11.6 Å². The van der Waals surface area contributed by atoms with E-state index < -0.39 is 17.6 Å². The first kappa shape index (κ1) is 16.5. The fraction of sp³-hybridized carbons (Fsp3) is 0.529. The molecule has 0 saturated carbocycles. The van der Waals surface area contributed by atoms with E-state index >= 15 is 0 Å². The zero-order chi connectivity index (χ0) is 16.3. The molecule has 5 heteroatoms. The van der Waals surface area contributed by atoms with Gasteiger partial charge in [-0.2, -0.15) is 0 Å². The Hall–Kier alpha value is -1.88. The molecule has 0 spiro atoms. The maximum Gasteiger partial charge on any atom is 0.322 e. The molecule has 1 aromatic carbocycles. The molecule has 1 aromatic rings. The lowest BCUT2D eigenvalue weighted by Gasteiger charge is -2.25. The molecule has 1 N–H and O–H groups in total. The second-order valence-corrected chi connectivity index (χ2v) is 6.51. The topological polar surface area (TPSA) is 64.6 Å². The van der Waals surface area contributed by atoms with Crippen LogP contribution in [0.15, 0.2) is 30.3 Å². The first-order valence-corrected chi connectivity index (χ1v) is 7.43. The average molecular weight is 305 g/mol. The van der Waals surface area contributed by atoms with Crippen molar-refractivity contribution in [3.05, 3.63) is 35.9 Å². The Balaban J connectivity index is 2.23. The van der Waals surface area contributed by atoms with Crippen LogP contribution in [0.3, 0.4) is 0 Å². The third-order valence-corrected chi connectivity index (χ3v) is 3.63. The Bertz CT molecular complexity index is 535. The van der Waals surface area contributed by atoms with Crippen LogP contribution in [-0.2, 0) is 19.1 Å². The maximum atomic E-state index is 12.5. The van der Waals surface area contributed by atoms with Crippen molar-refractivity contribution in [2.45, 2.75) is 44.9 Å². The Morgan fingerprint density at radius 1 is 1.14 bits per heavy atom. The van der Waals surface area contributed by atoms with E-state index in [9.17, 15) is 9.59 Å². The fourth-order valence-electron chi connectivity index (χ4n) is 2.70. The number of ether oxygens (including phenoxy) is 2. The van der Waals surface area contributed by atoms with Crippen LogP contribution in [0.4, 0.5) is 0 Å². The second-order valence-electron chi connectivity index (χ2n) is 6.51. The van der Waals surface area contributed by atoms with Gasteiger partial charge in [-0.15, -0.1) is 0 Å². The lowest BCUT2D eigenvalue weighted by Crippen LogP contribution is -2.33. The summed E-state index contributed by atoms with van der Waals surface area (Å²) in [5, 5.41) is 3.20. The number of esters is 2. The van der Waals surface area contributed by atoms with Gasteiger partial charge in [-0.25, -0.2) is 0 Å². The molecular formula is C17H23NO4. The Kier molecular flexibility index (Phi) is 4.86. The normalized spacial score (nSPS) is 24.8. The summed E-state index contributed by atoms with van der Waals surface area (Å²) in [6, 6.07) is 8.87. The number of benzene rings is 1. The van der Waals surface area contributed by atoms with Crippen molar-refractivity contribution in [2.24, 2.45) is 5.92 Å². The molecule has 22 heavy (non-hydrogen) atoms. The molecule has 2 rings (SSSR count). The van der Waals surface area contributed by atoms with Crippen LogP contribution >= 0.6 is 0 Å². The lowest BCUT2D eigenvalue weighted by atomic mass is 9.93. The number of hydrogen-bond acceptors (Lipinski definition) is 5. The molecule has 1 fully saturated rings. The summed E-state index contributed by atoms with van der Waals surface area (Å²) in [7, 11) is 1.35. The van der Waals surface area contributed by atoms with Gasteiger partial charge in [-0.3, -0.25) is 14.9 Å². The minimum absolute atomic E-state index is 0.250. The molecule has 3 atom stereocenters. The van der Waals surface area contributed by atoms with E-state index in [1.54, 1.807) is 0 Å². The van der Waals surface area contributed by atoms with E-state index in [0.717, 1.165) is 5.56 Å². The summed E-state index contributed by atoms with van der Waals surface area (Å²) >= 11 is 0. The second kappa shape index (κ2) is 6.48. The highest BCUT2D eigenvalue weighted by atomic mass is 16.6. The van der Waals surface area contributed by atoms with Gasteiger partial charge in [0.2, 0.25) is 0 Å². The molecule has 1 heterocycles. The molecule has 0 aromatic heterocycles. The van der Waals surface area contributed by atoms with E-state index in [-0.39, 0.29) is 18.0 Å². The van der Waals surface area contributed by atoms with Gasteiger partial charge in [0.15, 0.2) is 0 Å². The van der Waals surface area contributed by atoms with Gasteiger partial charge in [-0.1, -0.05) is 30.3 Å². The number of nitrogens with one attached hydrogen (secondary N) is 1. The van der Waals surface area contributed by atoms with Crippen molar-refractivity contribution in [3.8, 4) is 0 Å². The van der Waals surface area contributed by atoms with Gasteiger partial charge in [0.05, 0.1) is 13.0 Å². The molecular weight excluding hydrogens is 282 g/mol. The van der Waals surface area contributed by atoms with E-state index in [2.05, 4.69) is 5.32 Å². The van der Waals surface area contributed by atoms with Crippen molar-refractivity contribution in [1.29, 1.82) is 0 Å². The van der Waals surface area contributed by atoms with Gasteiger partial charge >= 0.3 is 11.9 Å². The fourth-order valence-corrected chi connectivity index (χ4v) is 2.70. The van der Waals surface area contributed by atoms with Crippen LogP contribution < -0.4 is 5.32 Å². The number of hydrogen-bond donors (Lipinski definition) is 1. The Morgan fingerprint density at radius 2 is 1.77 bits per heavy atom. The highest BCUT2D eigenvalue weighted by Gasteiger charge is 2.44. The van der Waals surface area contributed by atoms with Crippen LogP contribution in [0.25, 0.3) is 0 Å². The van der Waals surface area contributed by atoms with Crippen molar-refractivity contribution < 1.29 is 19.1 Å². The number of carbonyl (C=O) groups is 2. The summed E-state index contributed by atoms with van der Waals surface area (Å²) in [6.07, 6.45) is 0.376. The molecule has 5 nitrogen and oxygen atoms in total. The Morgan fingerprint density at radius 3 is 2.32 bits per heavy atom. The molecule has 120 valence electrons. The van der Waals surface area contributed by atoms with Crippen LogP contribution in [0, 0.1) is 5.92 Å². The molecule has 1 saturated heterocycles. The zero-order valence-electron chi connectivity index (χ0n) is 13.5. The van der Waals surface area contributed by atoms with Crippen molar-refractivity contribution in [3.63, 3.8) is 0 Å². The first-order chi connectivity index (χ1) is 10.3. The third kappa shape index (κ3) is 3.85. The van der Waals surface area contributed by atoms with Gasteiger partial charge in [0, 0.05) is 6.04 Å². The summed E-state index contributed by atoms with van der Waals surface area (Å²) in [6.45, 7) is 5.51. The Labute approximate surface area is 131 Å². The van der Waals surface area contributed by atoms with Crippen LogP contribution in [0.2, 0.25) is 0 Å². The van der Waals surface area contributed by atoms with Crippen molar-refractivity contribution >= 4 is 11.9 Å². The predicted molar refractivity (Wildman–Crippen MR) is 82.1 cm³/mol. The van der Waals surface area contributed by atoms with E-state index in [0.29, 0.717) is 6.42 Å². The van der Waals surface area contributed by atoms with E-state index in [4.69, 9.17) is 9.47 Å². The van der Waals surface area contributed by atoms with E-state index in [1.165, 1.54) is 7.11 Å². The van der Waals surface area contributed by atoms with Crippen LogP contribution in [-0.4, -0.2) is 30.7 Å². The highest BCUT2D eigenvalue weighted by molar-refractivity contribution is 5.80. The molecule has 0 unspecified atom stereocenters. The summed E-state index contributed by atoms with van der Waals surface area (Å²) < 4.78 is 10.3. The number of methoxy groups -OCH3 is 1. The summed E-state index contributed by atoms with van der Waals surface area (Å²) in [4.78, 5) is 24.3. The lowest BCUT2D eigenvalue weighted by molar-refractivity contribution is -0.160. The van der Waals surface area contributed by atoms with Crippen LogP contribution in [0.5, 0.6) is 0 Å².